The molecular weight excluding hydrogens is 288 g/mol. The van der Waals surface area contributed by atoms with Crippen LogP contribution in [0.15, 0.2) is 40.9 Å². The molecule has 23 heavy (non-hydrogen) atoms. The average molecular weight is 309 g/mol. The summed E-state index contributed by atoms with van der Waals surface area (Å²) in [6.07, 6.45) is 5.08. The van der Waals surface area contributed by atoms with Crippen molar-refractivity contribution in [2.75, 3.05) is 7.05 Å². The lowest BCUT2D eigenvalue weighted by atomic mass is 9.87. The van der Waals surface area contributed by atoms with Gasteiger partial charge in [-0.1, -0.05) is 23.7 Å². The third-order valence-electron chi connectivity index (χ3n) is 4.46. The number of aryl methyl sites for hydroxylation is 1. The summed E-state index contributed by atoms with van der Waals surface area (Å²) >= 11 is 0. The first-order valence-corrected chi connectivity index (χ1v) is 7.77. The molecule has 1 amide bonds. The van der Waals surface area contributed by atoms with Crippen LogP contribution in [0.2, 0.25) is 0 Å². The maximum absolute atomic E-state index is 12.1. The normalized spacial score (nSPS) is 23.7. The predicted octanol–water partition coefficient (Wildman–Crippen LogP) is 1.05. The lowest BCUT2D eigenvalue weighted by Gasteiger charge is -2.32. The van der Waals surface area contributed by atoms with Crippen LogP contribution in [0.3, 0.4) is 0 Å². The second-order valence-corrected chi connectivity index (χ2v) is 6.17. The number of nitrogens with two attached hydrogens (primary N) is 1. The van der Waals surface area contributed by atoms with Crippen molar-refractivity contribution >= 4 is 23.8 Å². The van der Waals surface area contributed by atoms with Crippen molar-refractivity contribution in [3.63, 3.8) is 0 Å². The van der Waals surface area contributed by atoms with Crippen LogP contribution in [-0.4, -0.2) is 41.3 Å². The molecule has 5 heteroatoms. The Balaban J connectivity index is 1.93. The van der Waals surface area contributed by atoms with E-state index in [0.29, 0.717) is 6.42 Å². The summed E-state index contributed by atoms with van der Waals surface area (Å²) in [5.41, 5.74) is 9.39. The van der Waals surface area contributed by atoms with Crippen LogP contribution < -0.4 is 10.4 Å². The van der Waals surface area contributed by atoms with Gasteiger partial charge in [0.05, 0.1) is 17.6 Å². The second kappa shape index (κ2) is 5.52. The number of aliphatic imine (C=N–C) groups is 1. The molecule has 0 unspecified atom stereocenters. The Labute approximate surface area is 136 Å². The molecule has 0 saturated heterocycles. The Bertz CT molecular complexity index is 799. The quantitative estimate of drug-likeness (QED) is 0.848. The molecule has 1 aromatic rings. The summed E-state index contributed by atoms with van der Waals surface area (Å²) in [5, 5.41) is 0. The lowest BCUT2D eigenvalue weighted by Crippen LogP contribution is -2.49. The van der Waals surface area contributed by atoms with E-state index >= 15 is 0 Å². The molecule has 0 saturated carbocycles. The molecule has 2 aliphatic rings. The van der Waals surface area contributed by atoms with E-state index in [2.05, 4.69) is 28.7 Å². The molecule has 2 N–H and O–H groups in total. The molecular formula is C18H21N4O+. The van der Waals surface area contributed by atoms with Gasteiger partial charge in [0, 0.05) is 13.1 Å². The first kappa shape index (κ1) is 15.3. The summed E-state index contributed by atoms with van der Waals surface area (Å²) in [6, 6.07) is 8.34. The van der Waals surface area contributed by atoms with E-state index < -0.39 is 5.54 Å². The highest BCUT2D eigenvalue weighted by Crippen LogP contribution is 2.29. The highest BCUT2D eigenvalue weighted by atomic mass is 16.2. The number of rotatable bonds is 3. The smallest absolute Gasteiger partial charge is 0.334 e. The molecule has 0 aromatic heterocycles. The van der Waals surface area contributed by atoms with Crippen LogP contribution >= 0.6 is 0 Å². The third-order valence-corrected chi connectivity index (χ3v) is 4.46. The summed E-state index contributed by atoms with van der Waals surface area (Å²) in [4.78, 5) is 18.0. The van der Waals surface area contributed by atoms with Crippen molar-refractivity contribution in [3.8, 4) is 0 Å². The van der Waals surface area contributed by atoms with Crippen LogP contribution in [0, 0.1) is 0 Å². The predicted molar refractivity (Wildman–Crippen MR) is 93.6 cm³/mol. The van der Waals surface area contributed by atoms with Crippen LogP contribution in [-0.2, 0) is 11.2 Å². The summed E-state index contributed by atoms with van der Waals surface area (Å²) in [5.74, 6) is 0.218. The van der Waals surface area contributed by atoms with Crippen molar-refractivity contribution in [2.24, 2.45) is 10.7 Å². The van der Waals surface area contributed by atoms with Gasteiger partial charge in [0.15, 0.2) is 5.96 Å². The van der Waals surface area contributed by atoms with Crippen LogP contribution in [0.1, 0.15) is 31.4 Å². The average Bonchev–Trinajstić information content (AvgIpc) is 3.03. The molecule has 0 aliphatic carbocycles. The molecule has 118 valence electrons. The van der Waals surface area contributed by atoms with Gasteiger partial charge in [-0.05, 0) is 31.0 Å². The summed E-state index contributed by atoms with van der Waals surface area (Å²) in [6.45, 7) is 4.06. The number of hydrogen-bond donors (Lipinski definition) is 1. The number of carbonyl (C=O) groups is 1. The SMILES string of the molecule is CCc1cccc(C2=[N+]=CC([C@]3(C)CC(=O)N(C)C(N)=N3)=C2)c1. The van der Waals surface area contributed by atoms with Crippen LogP contribution in [0.4, 0.5) is 0 Å². The van der Waals surface area contributed by atoms with Gasteiger partial charge in [0.25, 0.3) is 6.21 Å². The Morgan fingerprint density at radius 1 is 1.43 bits per heavy atom. The molecule has 3 rings (SSSR count). The number of hydrogen-bond acceptors (Lipinski definition) is 3. The lowest BCUT2D eigenvalue weighted by molar-refractivity contribution is -0.128. The van der Waals surface area contributed by atoms with E-state index in [0.717, 1.165) is 23.3 Å². The Kier molecular flexibility index (Phi) is 3.66. The van der Waals surface area contributed by atoms with Crippen molar-refractivity contribution in [1.82, 2.24) is 9.57 Å². The molecule has 2 aliphatic heterocycles. The molecule has 1 aromatic carbocycles. The number of allylic oxidation sites excluding steroid dienone is 1. The van der Waals surface area contributed by atoms with E-state index in [4.69, 9.17) is 5.73 Å². The summed E-state index contributed by atoms with van der Waals surface area (Å²) in [7, 11) is 1.64. The van der Waals surface area contributed by atoms with E-state index in [1.54, 1.807) is 13.3 Å². The molecule has 0 radical (unpaired) electrons. The van der Waals surface area contributed by atoms with Gasteiger partial charge in [-0.15, -0.1) is 0 Å². The van der Waals surface area contributed by atoms with Gasteiger partial charge >= 0.3 is 5.71 Å². The fourth-order valence-corrected chi connectivity index (χ4v) is 2.84. The molecule has 1 atom stereocenters. The van der Waals surface area contributed by atoms with E-state index in [9.17, 15) is 4.79 Å². The standard InChI is InChI=1S/C18H21N4O/c1-4-12-6-5-7-13(8-12)15-9-14(11-20-15)18(2)10-16(23)22(3)17(19)21-18/h5-9,11H,4,10H2,1-3H3,(H2,19,21)/q+1/t18-/m0/s1. The number of carbonyl (C=O) groups excluding carboxylic acids is 1. The van der Waals surface area contributed by atoms with Crippen molar-refractivity contribution in [2.45, 2.75) is 32.2 Å². The molecule has 2 heterocycles. The maximum atomic E-state index is 12.1. The van der Waals surface area contributed by atoms with Gasteiger partial charge in [-0.3, -0.25) is 9.69 Å². The van der Waals surface area contributed by atoms with Crippen molar-refractivity contribution in [1.29, 1.82) is 0 Å². The first-order chi connectivity index (χ1) is 10.9. The van der Waals surface area contributed by atoms with Gasteiger partial charge < -0.3 is 5.73 Å². The highest BCUT2D eigenvalue weighted by molar-refractivity contribution is 6.16. The van der Waals surface area contributed by atoms with Gasteiger partial charge in [-0.25, -0.2) is 4.99 Å². The van der Waals surface area contributed by atoms with Crippen LogP contribution in [0.25, 0.3) is 0 Å². The fraction of sp³-hybridized carbons (Fsp3) is 0.333. The Morgan fingerprint density at radius 3 is 2.91 bits per heavy atom. The first-order valence-electron chi connectivity index (χ1n) is 7.77. The number of guanidine groups is 1. The zero-order valence-corrected chi connectivity index (χ0v) is 13.7. The molecule has 5 nitrogen and oxygen atoms in total. The second-order valence-electron chi connectivity index (χ2n) is 6.17. The zero-order chi connectivity index (χ0) is 16.6. The van der Waals surface area contributed by atoms with Gasteiger partial charge in [-0.2, -0.15) is 0 Å². The van der Waals surface area contributed by atoms with E-state index in [-0.39, 0.29) is 11.9 Å². The van der Waals surface area contributed by atoms with E-state index in [1.807, 2.05) is 25.1 Å². The van der Waals surface area contributed by atoms with Crippen LogP contribution in [0.5, 0.6) is 0 Å². The number of benzene rings is 1. The number of amides is 1. The zero-order valence-electron chi connectivity index (χ0n) is 13.7. The van der Waals surface area contributed by atoms with Gasteiger partial charge in [0.1, 0.15) is 5.54 Å². The fourth-order valence-electron chi connectivity index (χ4n) is 2.84. The minimum atomic E-state index is -0.651. The van der Waals surface area contributed by atoms with E-state index in [1.165, 1.54) is 10.5 Å². The minimum absolute atomic E-state index is 0.0317. The summed E-state index contributed by atoms with van der Waals surface area (Å²) < 4.78 is 4.52. The molecule has 0 fully saturated rings. The Hall–Kier alpha value is -2.65. The molecule has 0 bridgehead atoms. The Morgan fingerprint density at radius 2 is 2.22 bits per heavy atom. The third kappa shape index (κ3) is 2.71. The number of nitrogens with zero attached hydrogens (tertiary/aromatic N) is 3. The van der Waals surface area contributed by atoms with Crippen molar-refractivity contribution < 1.29 is 4.79 Å². The monoisotopic (exact) mass is 309 g/mol. The van der Waals surface area contributed by atoms with Gasteiger partial charge in [0.2, 0.25) is 5.91 Å². The van der Waals surface area contributed by atoms with Crippen molar-refractivity contribution in [3.05, 3.63) is 47.0 Å². The molecule has 0 spiro atoms. The minimum Gasteiger partial charge on any atom is -0.369 e. The highest BCUT2D eigenvalue weighted by Gasteiger charge is 2.41. The largest absolute Gasteiger partial charge is 0.369 e. The topological polar surface area (TPSA) is 72.8 Å². The maximum Gasteiger partial charge on any atom is 0.334 e.